The van der Waals surface area contributed by atoms with Crippen LogP contribution in [-0.4, -0.2) is 22.2 Å². The number of benzene rings is 1. The van der Waals surface area contributed by atoms with Gasteiger partial charge in [0.05, 0.1) is 11.1 Å². The Kier molecular flexibility index (Phi) is 4.14. The van der Waals surface area contributed by atoms with Crippen molar-refractivity contribution in [2.24, 2.45) is 5.73 Å². The predicted molar refractivity (Wildman–Crippen MR) is 81.4 cm³/mol. The molecule has 2 rings (SSSR count). The van der Waals surface area contributed by atoms with Gasteiger partial charge in [-0.25, -0.2) is 4.79 Å². The van der Waals surface area contributed by atoms with Crippen molar-refractivity contribution in [2.45, 2.75) is 40.2 Å². The van der Waals surface area contributed by atoms with Crippen LogP contribution in [0.25, 0.3) is 10.9 Å². The molecule has 4 nitrogen and oxygen atoms in total. The number of rotatable bonds is 5. The average Bonchev–Trinajstić information content (AvgIpc) is 2.68. The molecule has 0 saturated heterocycles. The number of carbonyl (C=O) groups is 1. The zero-order chi connectivity index (χ0) is 14.9. The van der Waals surface area contributed by atoms with E-state index < -0.39 is 5.97 Å². The molecule has 0 unspecified atom stereocenters. The fraction of sp³-hybridized carbons (Fsp3) is 0.438. The van der Waals surface area contributed by atoms with Gasteiger partial charge in [-0.3, -0.25) is 0 Å². The number of hydrogen-bond donors (Lipinski definition) is 2. The first-order valence-electron chi connectivity index (χ1n) is 7.06. The second kappa shape index (κ2) is 5.67. The number of hydrogen-bond acceptors (Lipinski definition) is 2. The van der Waals surface area contributed by atoms with Crippen LogP contribution in [0.2, 0.25) is 0 Å². The fourth-order valence-electron chi connectivity index (χ4n) is 3.01. The Hall–Kier alpha value is -1.81. The van der Waals surface area contributed by atoms with Crippen LogP contribution in [0.15, 0.2) is 12.1 Å². The lowest BCUT2D eigenvalue weighted by Gasteiger charge is -2.07. The summed E-state index contributed by atoms with van der Waals surface area (Å²) in [7, 11) is 0. The van der Waals surface area contributed by atoms with Gasteiger partial charge < -0.3 is 15.4 Å². The summed E-state index contributed by atoms with van der Waals surface area (Å²) in [6.45, 7) is 7.74. The highest BCUT2D eigenvalue weighted by molar-refractivity contribution is 5.97. The molecule has 0 atom stereocenters. The van der Waals surface area contributed by atoms with E-state index in [2.05, 4.69) is 18.4 Å². The predicted octanol–water partition coefficient (Wildman–Crippen LogP) is 2.87. The number of carboxylic acid groups (broad SMARTS) is 1. The van der Waals surface area contributed by atoms with E-state index in [0.29, 0.717) is 12.1 Å². The zero-order valence-electron chi connectivity index (χ0n) is 12.4. The quantitative estimate of drug-likeness (QED) is 0.881. The Bertz CT molecular complexity index is 656. The Morgan fingerprint density at radius 2 is 2.05 bits per heavy atom. The maximum Gasteiger partial charge on any atom is 0.335 e. The third-order valence-corrected chi connectivity index (χ3v) is 3.93. The second-order valence-electron chi connectivity index (χ2n) is 5.19. The SMILES string of the molecule is CCn1c(C)c(CCCN)c2cc(C(=O)O)cc(C)c21. The topological polar surface area (TPSA) is 68.2 Å². The van der Waals surface area contributed by atoms with E-state index >= 15 is 0 Å². The van der Waals surface area contributed by atoms with Crippen LogP contribution in [-0.2, 0) is 13.0 Å². The van der Waals surface area contributed by atoms with Crippen molar-refractivity contribution in [2.75, 3.05) is 6.54 Å². The van der Waals surface area contributed by atoms with Gasteiger partial charge in [0.25, 0.3) is 0 Å². The van der Waals surface area contributed by atoms with Gasteiger partial charge >= 0.3 is 5.97 Å². The van der Waals surface area contributed by atoms with E-state index in [9.17, 15) is 9.90 Å². The van der Waals surface area contributed by atoms with E-state index in [1.807, 2.05) is 6.92 Å². The second-order valence-corrected chi connectivity index (χ2v) is 5.19. The van der Waals surface area contributed by atoms with Crippen LogP contribution < -0.4 is 5.73 Å². The van der Waals surface area contributed by atoms with Crippen molar-refractivity contribution >= 4 is 16.9 Å². The molecule has 0 aliphatic rings. The van der Waals surface area contributed by atoms with Crippen molar-refractivity contribution in [1.29, 1.82) is 0 Å². The van der Waals surface area contributed by atoms with Crippen molar-refractivity contribution in [3.63, 3.8) is 0 Å². The molecule has 0 bridgehead atoms. The molecule has 20 heavy (non-hydrogen) atoms. The van der Waals surface area contributed by atoms with Crippen molar-refractivity contribution in [3.8, 4) is 0 Å². The highest BCUT2D eigenvalue weighted by atomic mass is 16.4. The lowest BCUT2D eigenvalue weighted by molar-refractivity contribution is 0.0697. The number of aryl methyl sites for hydroxylation is 3. The van der Waals surface area contributed by atoms with Crippen molar-refractivity contribution in [3.05, 3.63) is 34.5 Å². The summed E-state index contributed by atoms with van der Waals surface area (Å²) in [4.78, 5) is 11.3. The lowest BCUT2D eigenvalue weighted by atomic mass is 10.0. The number of nitrogens with zero attached hydrogens (tertiary/aromatic N) is 1. The molecule has 108 valence electrons. The van der Waals surface area contributed by atoms with Gasteiger partial charge in [0.2, 0.25) is 0 Å². The van der Waals surface area contributed by atoms with Crippen LogP contribution >= 0.6 is 0 Å². The molecular weight excluding hydrogens is 252 g/mol. The van der Waals surface area contributed by atoms with Crippen molar-refractivity contribution < 1.29 is 9.90 Å². The summed E-state index contributed by atoms with van der Waals surface area (Å²) in [6.07, 6.45) is 1.81. The van der Waals surface area contributed by atoms with Gasteiger partial charge in [-0.1, -0.05) is 0 Å². The molecule has 1 aromatic carbocycles. The number of aromatic nitrogens is 1. The Morgan fingerprint density at radius 1 is 1.35 bits per heavy atom. The first-order chi connectivity index (χ1) is 9.51. The summed E-state index contributed by atoms with van der Waals surface area (Å²) in [6, 6.07) is 3.55. The third kappa shape index (κ3) is 2.31. The first kappa shape index (κ1) is 14.6. The molecule has 0 amide bonds. The van der Waals surface area contributed by atoms with Crippen LogP contribution in [0.3, 0.4) is 0 Å². The van der Waals surface area contributed by atoms with E-state index in [0.717, 1.165) is 35.9 Å². The van der Waals surface area contributed by atoms with Gasteiger partial charge in [0, 0.05) is 17.6 Å². The van der Waals surface area contributed by atoms with Crippen LogP contribution in [0.4, 0.5) is 0 Å². The van der Waals surface area contributed by atoms with Gasteiger partial charge in [0.1, 0.15) is 0 Å². The molecule has 0 aliphatic carbocycles. The van der Waals surface area contributed by atoms with E-state index in [1.54, 1.807) is 12.1 Å². The van der Waals surface area contributed by atoms with Gasteiger partial charge in [-0.05, 0) is 63.4 Å². The fourth-order valence-corrected chi connectivity index (χ4v) is 3.01. The molecule has 0 radical (unpaired) electrons. The standard InChI is InChI=1S/C16H22N2O2/c1-4-18-11(3)13(6-5-7-17)14-9-12(16(19)20)8-10(2)15(14)18/h8-9H,4-7,17H2,1-3H3,(H,19,20). The summed E-state index contributed by atoms with van der Waals surface area (Å²) >= 11 is 0. The Morgan fingerprint density at radius 3 is 2.60 bits per heavy atom. The average molecular weight is 274 g/mol. The molecule has 3 N–H and O–H groups in total. The highest BCUT2D eigenvalue weighted by Gasteiger charge is 2.17. The minimum absolute atomic E-state index is 0.359. The van der Waals surface area contributed by atoms with E-state index in [4.69, 9.17) is 5.73 Å². The zero-order valence-corrected chi connectivity index (χ0v) is 12.4. The molecule has 2 aromatic rings. The molecule has 0 spiro atoms. The third-order valence-electron chi connectivity index (χ3n) is 3.93. The smallest absolute Gasteiger partial charge is 0.335 e. The normalized spacial score (nSPS) is 11.2. The van der Waals surface area contributed by atoms with E-state index in [-0.39, 0.29) is 0 Å². The summed E-state index contributed by atoms with van der Waals surface area (Å²) in [5, 5.41) is 10.3. The largest absolute Gasteiger partial charge is 0.478 e. The number of carboxylic acids is 1. The molecular formula is C16H22N2O2. The van der Waals surface area contributed by atoms with Crippen LogP contribution in [0, 0.1) is 13.8 Å². The minimum atomic E-state index is -0.873. The number of fused-ring (bicyclic) bond motifs is 1. The highest BCUT2D eigenvalue weighted by Crippen LogP contribution is 2.30. The number of aromatic carboxylic acids is 1. The number of nitrogens with two attached hydrogens (primary N) is 1. The maximum atomic E-state index is 11.3. The summed E-state index contributed by atoms with van der Waals surface area (Å²) < 4.78 is 2.27. The minimum Gasteiger partial charge on any atom is -0.478 e. The molecule has 0 aliphatic heterocycles. The van der Waals surface area contributed by atoms with Gasteiger partial charge in [-0.2, -0.15) is 0 Å². The molecule has 0 fully saturated rings. The van der Waals surface area contributed by atoms with Gasteiger partial charge in [-0.15, -0.1) is 0 Å². The van der Waals surface area contributed by atoms with Gasteiger partial charge in [0.15, 0.2) is 0 Å². The van der Waals surface area contributed by atoms with Crippen LogP contribution in [0.1, 0.15) is 40.5 Å². The van der Waals surface area contributed by atoms with E-state index in [1.165, 1.54) is 11.3 Å². The lowest BCUT2D eigenvalue weighted by Crippen LogP contribution is -2.02. The molecule has 4 heteroatoms. The summed E-state index contributed by atoms with van der Waals surface area (Å²) in [5.41, 5.74) is 10.6. The molecule has 1 heterocycles. The Labute approximate surface area is 119 Å². The first-order valence-corrected chi connectivity index (χ1v) is 7.06. The summed E-state index contributed by atoms with van der Waals surface area (Å²) in [5.74, 6) is -0.873. The maximum absolute atomic E-state index is 11.3. The van der Waals surface area contributed by atoms with Crippen molar-refractivity contribution in [1.82, 2.24) is 4.57 Å². The monoisotopic (exact) mass is 274 g/mol. The molecule has 1 aromatic heterocycles. The van der Waals surface area contributed by atoms with Crippen LogP contribution in [0.5, 0.6) is 0 Å². The molecule has 0 saturated carbocycles. The Balaban J connectivity index is 2.76.